The van der Waals surface area contributed by atoms with Crippen molar-refractivity contribution in [2.75, 3.05) is 13.1 Å². The number of likely N-dealkylation sites (tertiary alicyclic amines) is 1. The molecule has 2 heteroatoms. The Hall–Kier alpha value is -0.0800. The van der Waals surface area contributed by atoms with Crippen LogP contribution in [-0.2, 0) is 0 Å². The lowest BCUT2D eigenvalue weighted by Crippen LogP contribution is -2.39. The topological polar surface area (TPSA) is 23.5 Å². The Morgan fingerprint density at radius 1 is 0.941 bits per heavy atom. The summed E-state index contributed by atoms with van der Waals surface area (Å²) in [6, 6.07) is 0.646. The summed E-state index contributed by atoms with van der Waals surface area (Å²) in [7, 11) is 0. The van der Waals surface area contributed by atoms with Crippen LogP contribution < -0.4 is 0 Å². The van der Waals surface area contributed by atoms with E-state index in [0.717, 1.165) is 31.8 Å². The van der Waals surface area contributed by atoms with Gasteiger partial charge in [-0.2, -0.15) is 0 Å². The molecule has 0 radical (unpaired) electrons. The molecule has 0 spiro atoms. The van der Waals surface area contributed by atoms with Gasteiger partial charge in [0, 0.05) is 19.1 Å². The van der Waals surface area contributed by atoms with Crippen molar-refractivity contribution in [2.24, 2.45) is 5.92 Å². The summed E-state index contributed by atoms with van der Waals surface area (Å²) in [6.45, 7) is 8.91. The molecular weight excluding hydrogens is 210 g/mol. The van der Waals surface area contributed by atoms with E-state index in [1.54, 1.807) is 0 Å². The van der Waals surface area contributed by atoms with Gasteiger partial charge in [-0.1, -0.05) is 39.0 Å². The second kappa shape index (κ2) is 8.10. The van der Waals surface area contributed by atoms with Gasteiger partial charge in [-0.25, -0.2) is 0 Å². The van der Waals surface area contributed by atoms with Gasteiger partial charge < -0.3 is 10.0 Å². The van der Waals surface area contributed by atoms with Gasteiger partial charge in [0.25, 0.3) is 0 Å². The number of hydrogen-bond donors (Lipinski definition) is 1. The molecule has 0 aromatic carbocycles. The number of aliphatic hydroxyl groups excluding tert-OH is 1. The predicted molar refractivity (Wildman–Crippen MR) is 74.2 cm³/mol. The lowest BCUT2D eigenvalue weighted by atomic mass is 9.91. The van der Waals surface area contributed by atoms with E-state index in [0.29, 0.717) is 6.04 Å². The molecule has 17 heavy (non-hydrogen) atoms. The highest BCUT2D eigenvalue weighted by atomic mass is 16.3. The van der Waals surface area contributed by atoms with E-state index >= 15 is 0 Å². The maximum atomic E-state index is 9.18. The normalized spacial score (nSPS) is 24.5. The first kappa shape index (κ1) is 15.0. The number of nitrogens with zero attached hydrogens (tertiary/aromatic N) is 1. The largest absolute Gasteiger partial charge is 0.393 e. The number of hydrogen-bond acceptors (Lipinski definition) is 2. The monoisotopic (exact) mass is 241 g/mol. The zero-order valence-corrected chi connectivity index (χ0v) is 12.0. The van der Waals surface area contributed by atoms with Gasteiger partial charge in [0.05, 0.1) is 6.10 Å². The molecule has 102 valence electrons. The minimum atomic E-state index is -0.0324. The van der Waals surface area contributed by atoms with Crippen molar-refractivity contribution in [1.29, 1.82) is 0 Å². The van der Waals surface area contributed by atoms with E-state index in [2.05, 4.69) is 25.7 Å². The van der Waals surface area contributed by atoms with Crippen molar-refractivity contribution in [3.8, 4) is 0 Å². The van der Waals surface area contributed by atoms with Crippen LogP contribution in [0.2, 0.25) is 0 Å². The SMILES string of the molecule is CC(C)N1CCC(O)CC1.CC1CCCCC1. The Bertz CT molecular complexity index is 179. The number of aliphatic hydroxyl groups is 1. The summed E-state index contributed by atoms with van der Waals surface area (Å²) in [6.07, 6.45) is 9.32. The summed E-state index contributed by atoms with van der Waals surface area (Å²) >= 11 is 0. The fourth-order valence-corrected chi connectivity index (χ4v) is 2.71. The Kier molecular flexibility index (Phi) is 7.14. The van der Waals surface area contributed by atoms with E-state index in [1.807, 2.05) is 0 Å². The van der Waals surface area contributed by atoms with Crippen LogP contribution in [-0.4, -0.2) is 35.2 Å². The van der Waals surface area contributed by atoms with Crippen molar-refractivity contribution >= 4 is 0 Å². The van der Waals surface area contributed by atoms with Crippen LogP contribution >= 0.6 is 0 Å². The van der Waals surface area contributed by atoms with Gasteiger partial charge in [0.1, 0.15) is 0 Å². The maximum absolute atomic E-state index is 9.18. The summed E-state index contributed by atoms with van der Waals surface area (Å²) in [4.78, 5) is 2.41. The first-order valence-corrected chi connectivity index (χ1v) is 7.51. The highest BCUT2D eigenvalue weighted by molar-refractivity contribution is 4.72. The van der Waals surface area contributed by atoms with Crippen molar-refractivity contribution in [2.45, 2.75) is 77.9 Å². The van der Waals surface area contributed by atoms with Gasteiger partial charge in [-0.3, -0.25) is 0 Å². The quantitative estimate of drug-likeness (QED) is 0.760. The van der Waals surface area contributed by atoms with Crippen LogP contribution in [0.25, 0.3) is 0 Å². The second-order valence-electron chi connectivity index (χ2n) is 6.10. The summed E-state index contributed by atoms with van der Waals surface area (Å²) < 4.78 is 0. The highest BCUT2D eigenvalue weighted by Crippen LogP contribution is 2.22. The molecule has 0 amide bonds. The zero-order valence-electron chi connectivity index (χ0n) is 12.0. The molecule has 0 bridgehead atoms. The molecule has 2 aliphatic rings. The molecule has 2 fully saturated rings. The molecule has 0 unspecified atom stereocenters. The van der Waals surface area contributed by atoms with E-state index < -0.39 is 0 Å². The van der Waals surface area contributed by atoms with Gasteiger partial charge in [0.15, 0.2) is 0 Å². The van der Waals surface area contributed by atoms with Gasteiger partial charge in [-0.15, -0.1) is 0 Å². The Labute approximate surface area is 107 Å². The lowest BCUT2D eigenvalue weighted by Gasteiger charge is -2.32. The zero-order chi connectivity index (χ0) is 12.7. The molecule has 0 atom stereocenters. The predicted octanol–water partition coefficient (Wildman–Crippen LogP) is 3.44. The molecule has 1 aliphatic carbocycles. The second-order valence-corrected chi connectivity index (χ2v) is 6.10. The smallest absolute Gasteiger partial charge is 0.0564 e. The van der Waals surface area contributed by atoms with Crippen LogP contribution in [0.4, 0.5) is 0 Å². The van der Waals surface area contributed by atoms with Crippen molar-refractivity contribution in [3.05, 3.63) is 0 Å². The molecule has 1 heterocycles. The van der Waals surface area contributed by atoms with E-state index in [4.69, 9.17) is 0 Å². The summed E-state index contributed by atoms with van der Waals surface area (Å²) in [5.41, 5.74) is 0. The highest BCUT2D eigenvalue weighted by Gasteiger charge is 2.18. The third-order valence-corrected chi connectivity index (χ3v) is 4.12. The molecule has 0 aromatic rings. The Morgan fingerprint density at radius 3 is 1.82 bits per heavy atom. The first-order chi connectivity index (χ1) is 8.09. The Balaban J connectivity index is 0.000000181. The van der Waals surface area contributed by atoms with E-state index in [9.17, 15) is 5.11 Å². The molecule has 1 aliphatic heterocycles. The van der Waals surface area contributed by atoms with Crippen LogP contribution in [0.15, 0.2) is 0 Å². The molecular formula is C15H31NO. The van der Waals surface area contributed by atoms with Crippen LogP contribution in [0, 0.1) is 5.92 Å². The maximum Gasteiger partial charge on any atom is 0.0564 e. The van der Waals surface area contributed by atoms with Crippen molar-refractivity contribution < 1.29 is 5.11 Å². The third kappa shape index (κ3) is 6.42. The average Bonchev–Trinajstić information content (AvgIpc) is 2.31. The van der Waals surface area contributed by atoms with E-state index in [1.165, 1.54) is 32.1 Å². The van der Waals surface area contributed by atoms with Gasteiger partial charge >= 0.3 is 0 Å². The molecule has 1 N–H and O–H groups in total. The van der Waals surface area contributed by atoms with Crippen LogP contribution in [0.1, 0.15) is 65.7 Å². The van der Waals surface area contributed by atoms with Gasteiger partial charge in [-0.05, 0) is 32.6 Å². The standard InChI is InChI=1S/C8H17NO.C7H14/c1-7(2)9-5-3-8(10)4-6-9;1-7-5-3-2-4-6-7/h7-8,10H,3-6H2,1-2H3;7H,2-6H2,1H3. The first-order valence-electron chi connectivity index (χ1n) is 7.51. The Morgan fingerprint density at radius 2 is 1.47 bits per heavy atom. The van der Waals surface area contributed by atoms with Crippen LogP contribution in [0.3, 0.4) is 0 Å². The summed E-state index contributed by atoms with van der Waals surface area (Å²) in [5.74, 6) is 1.04. The number of piperidine rings is 1. The molecule has 2 rings (SSSR count). The number of rotatable bonds is 1. The average molecular weight is 241 g/mol. The minimum absolute atomic E-state index is 0.0324. The molecule has 1 saturated heterocycles. The van der Waals surface area contributed by atoms with Crippen molar-refractivity contribution in [1.82, 2.24) is 4.90 Å². The van der Waals surface area contributed by atoms with Crippen molar-refractivity contribution in [3.63, 3.8) is 0 Å². The third-order valence-electron chi connectivity index (χ3n) is 4.12. The molecule has 1 saturated carbocycles. The lowest BCUT2D eigenvalue weighted by molar-refractivity contribution is 0.0685. The molecule has 2 nitrogen and oxygen atoms in total. The van der Waals surface area contributed by atoms with Crippen LogP contribution in [0.5, 0.6) is 0 Å². The van der Waals surface area contributed by atoms with Gasteiger partial charge in [0.2, 0.25) is 0 Å². The minimum Gasteiger partial charge on any atom is -0.393 e. The molecule has 0 aromatic heterocycles. The fourth-order valence-electron chi connectivity index (χ4n) is 2.71. The fraction of sp³-hybridized carbons (Fsp3) is 1.00. The summed E-state index contributed by atoms with van der Waals surface area (Å²) in [5, 5.41) is 9.18. The van der Waals surface area contributed by atoms with E-state index in [-0.39, 0.29) is 6.10 Å².